The van der Waals surface area contributed by atoms with Crippen LogP contribution in [0, 0.1) is 6.92 Å². The summed E-state index contributed by atoms with van der Waals surface area (Å²) in [5.41, 5.74) is 0.848. The van der Waals surface area contributed by atoms with Gasteiger partial charge in [0.1, 0.15) is 11.5 Å². The number of ether oxygens (including phenoxy) is 1. The van der Waals surface area contributed by atoms with E-state index in [1.54, 1.807) is 0 Å². The van der Waals surface area contributed by atoms with Crippen molar-refractivity contribution in [1.82, 2.24) is 19.9 Å². The van der Waals surface area contributed by atoms with E-state index in [0.29, 0.717) is 19.8 Å². The van der Waals surface area contributed by atoms with Crippen molar-refractivity contribution in [3.05, 3.63) is 41.3 Å². The first kappa shape index (κ1) is 20.8. The molecule has 0 spiro atoms. The summed E-state index contributed by atoms with van der Waals surface area (Å²) < 4.78 is 43.4. The molecule has 2 aromatic rings. The van der Waals surface area contributed by atoms with Gasteiger partial charge in [-0.2, -0.15) is 18.2 Å². The Hall–Kier alpha value is -2.46. The molecule has 0 N–H and O–H groups in total. The smallest absolute Gasteiger partial charge is 0.378 e. The van der Waals surface area contributed by atoms with Gasteiger partial charge < -0.3 is 14.5 Å². The van der Waals surface area contributed by atoms with Crippen LogP contribution in [-0.2, 0) is 17.5 Å². The second-order valence-electron chi connectivity index (χ2n) is 7.58. The van der Waals surface area contributed by atoms with E-state index in [2.05, 4.69) is 24.7 Å². The van der Waals surface area contributed by atoms with Crippen molar-refractivity contribution in [2.75, 3.05) is 62.3 Å². The van der Waals surface area contributed by atoms with E-state index in [1.807, 2.05) is 13.0 Å². The molecule has 4 rings (SSSR count). The molecule has 0 saturated carbocycles. The molecule has 0 atom stereocenters. The zero-order valence-electron chi connectivity index (χ0n) is 16.9. The minimum Gasteiger partial charge on any atom is -0.378 e. The third-order valence-corrected chi connectivity index (χ3v) is 5.34. The number of aromatic nitrogens is 3. The third kappa shape index (κ3) is 4.99. The lowest BCUT2D eigenvalue weighted by molar-refractivity contribution is -0.141. The van der Waals surface area contributed by atoms with Crippen LogP contribution in [0.2, 0.25) is 0 Å². The first-order valence-electron chi connectivity index (χ1n) is 10.1. The van der Waals surface area contributed by atoms with Crippen LogP contribution in [0.1, 0.15) is 17.0 Å². The number of hydrogen-bond acceptors (Lipinski definition) is 7. The Bertz CT molecular complexity index is 847. The number of halogens is 3. The van der Waals surface area contributed by atoms with Gasteiger partial charge in [-0.15, -0.1) is 0 Å². The average Bonchev–Trinajstić information content (AvgIpc) is 2.74. The second kappa shape index (κ2) is 8.73. The van der Waals surface area contributed by atoms with Crippen LogP contribution in [0.3, 0.4) is 0 Å². The summed E-state index contributed by atoms with van der Waals surface area (Å²) in [6.07, 6.45) is -3.09. The molecule has 0 unspecified atom stereocenters. The van der Waals surface area contributed by atoms with Gasteiger partial charge in [0.2, 0.25) is 5.95 Å². The van der Waals surface area contributed by atoms with E-state index < -0.39 is 11.9 Å². The standard InChI is InChI=1S/C20H25F3N6O/c1-15-12-18(28-8-10-30-11-9-28)26-19(25-15)29-6-4-27(5-7-29)14-16-2-3-17(24-13-16)20(21,22)23/h2-3,12-13H,4-11,14H2,1H3. The highest BCUT2D eigenvalue weighted by Crippen LogP contribution is 2.27. The molecule has 2 fully saturated rings. The quantitative estimate of drug-likeness (QED) is 0.750. The van der Waals surface area contributed by atoms with Crippen LogP contribution in [0.25, 0.3) is 0 Å². The van der Waals surface area contributed by atoms with Crippen molar-refractivity contribution in [2.45, 2.75) is 19.6 Å². The van der Waals surface area contributed by atoms with Gasteiger partial charge in [0.05, 0.1) is 13.2 Å². The Morgan fingerprint density at radius 3 is 2.33 bits per heavy atom. The summed E-state index contributed by atoms with van der Waals surface area (Å²) in [5, 5.41) is 0. The van der Waals surface area contributed by atoms with E-state index in [4.69, 9.17) is 9.72 Å². The second-order valence-corrected chi connectivity index (χ2v) is 7.58. The molecule has 0 radical (unpaired) electrons. The van der Waals surface area contributed by atoms with Crippen molar-refractivity contribution in [3.8, 4) is 0 Å². The van der Waals surface area contributed by atoms with E-state index in [0.717, 1.165) is 68.4 Å². The number of anilines is 2. The van der Waals surface area contributed by atoms with Crippen LogP contribution in [-0.4, -0.2) is 72.3 Å². The first-order valence-corrected chi connectivity index (χ1v) is 10.1. The van der Waals surface area contributed by atoms with Crippen LogP contribution in [0.15, 0.2) is 24.4 Å². The highest BCUT2D eigenvalue weighted by molar-refractivity contribution is 5.46. The molecule has 2 aromatic heterocycles. The van der Waals surface area contributed by atoms with Crippen LogP contribution >= 0.6 is 0 Å². The maximum atomic E-state index is 12.7. The summed E-state index contributed by atoms with van der Waals surface area (Å²) in [6.45, 7) is 8.70. The van der Waals surface area contributed by atoms with Crippen molar-refractivity contribution in [2.24, 2.45) is 0 Å². The summed E-state index contributed by atoms with van der Waals surface area (Å²) in [7, 11) is 0. The van der Waals surface area contributed by atoms with Gasteiger partial charge in [0, 0.05) is 63.8 Å². The van der Waals surface area contributed by atoms with Gasteiger partial charge in [0.25, 0.3) is 0 Å². The van der Waals surface area contributed by atoms with E-state index in [1.165, 1.54) is 12.3 Å². The van der Waals surface area contributed by atoms with Crippen molar-refractivity contribution < 1.29 is 17.9 Å². The lowest BCUT2D eigenvalue weighted by Crippen LogP contribution is -2.46. The third-order valence-electron chi connectivity index (χ3n) is 5.34. The molecule has 30 heavy (non-hydrogen) atoms. The first-order chi connectivity index (χ1) is 14.4. The molecular weight excluding hydrogens is 397 g/mol. The fraction of sp³-hybridized carbons (Fsp3) is 0.550. The van der Waals surface area contributed by atoms with E-state index in [-0.39, 0.29) is 0 Å². The van der Waals surface area contributed by atoms with Gasteiger partial charge in [0.15, 0.2) is 0 Å². The van der Waals surface area contributed by atoms with Crippen molar-refractivity contribution >= 4 is 11.8 Å². The predicted molar refractivity (Wildman–Crippen MR) is 107 cm³/mol. The maximum absolute atomic E-state index is 12.7. The maximum Gasteiger partial charge on any atom is 0.433 e. The van der Waals surface area contributed by atoms with Crippen LogP contribution in [0.5, 0.6) is 0 Å². The topological polar surface area (TPSA) is 57.6 Å². The molecular formula is C20H25F3N6O. The van der Waals surface area contributed by atoms with Gasteiger partial charge in [-0.25, -0.2) is 4.98 Å². The van der Waals surface area contributed by atoms with Crippen molar-refractivity contribution in [3.63, 3.8) is 0 Å². The van der Waals surface area contributed by atoms with E-state index in [9.17, 15) is 13.2 Å². The summed E-state index contributed by atoms with van der Waals surface area (Å²) in [5.74, 6) is 1.66. The van der Waals surface area contributed by atoms with Gasteiger partial charge in [-0.05, 0) is 18.6 Å². The monoisotopic (exact) mass is 422 g/mol. The Morgan fingerprint density at radius 1 is 0.967 bits per heavy atom. The Labute approximate surface area is 173 Å². The lowest BCUT2D eigenvalue weighted by Gasteiger charge is -2.35. The molecule has 0 bridgehead atoms. The normalized spacial score (nSPS) is 18.7. The molecule has 10 heteroatoms. The lowest BCUT2D eigenvalue weighted by atomic mass is 10.2. The number of nitrogens with zero attached hydrogens (tertiary/aromatic N) is 6. The van der Waals surface area contributed by atoms with Gasteiger partial charge in [-0.3, -0.25) is 9.88 Å². The van der Waals surface area contributed by atoms with E-state index >= 15 is 0 Å². The van der Waals surface area contributed by atoms with Crippen molar-refractivity contribution in [1.29, 1.82) is 0 Å². The zero-order valence-corrected chi connectivity index (χ0v) is 16.9. The molecule has 0 aliphatic carbocycles. The molecule has 4 heterocycles. The number of aryl methyl sites for hydroxylation is 1. The van der Waals surface area contributed by atoms with Gasteiger partial charge in [-0.1, -0.05) is 6.07 Å². The molecule has 2 aliphatic rings. The Balaban J connectivity index is 1.36. The number of piperazine rings is 1. The fourth-order valence-electron chi connectivity index (χ4n) is 3.68. The summed E-state index contributed by atoms with van der Waals surface area (Å²) in [4.78, 5) is 19.5. The number of rotatable bonds is 4. The molecule has 7 nitrogen and oxygen atoms in total. The predicted octanol–water partition coefficient (Wildman–Crippen LogP) is 2.36. The number of hydrogen-bond donors (Lipinski definition) is 0. The highest BCUT2D eigenvalue weighted by Gasteiger charge is 2.32. The number of morpholine rings is 1. The molecule has 0 amide bonds. The van der Waals surface area contributed by atoms with Crippen LogP contribution < -0.4 is 9.80 Å². The molecule has 162 valence electrons. The Kier molecular flexibility index (Phi) is 6.05. The number of pyridine rings is 1. The summed E-state index contributed by atoms with van der Waals surface area (Å²) >= 11 is 0. The SMILES string of the molecule is Cc1cc(N2CCOCC2)nc(N2CCN(Cc3ccc(C(F)(F)F)nc3)CC2)n1. The molecule has 2 saturated heterocycles. The molecule has 0 aromatic carbocycles. The average molecular weight is 422 g/mol. The fourth-order valence-corrected chi connectivity index (χ4v) is 3.68. The minimum absolute atomic E-state index is 0.576. The largest absolute Gasteiger partial charge is 0.433 e. The number of alkyl halides is 3. The minimum atomic E-state index is -4.40. The zero-order chi connectivity index (χ0) is 21.1. The summed E-state index contributed by atoms with van der Waals surface area (Å²) in [6, 6.07) is 4.54. The Morgan fingerprint density at radius 2 is 1.70 bits per heavy atom. The van der Waals surface area contributed by atoms with Crippen LogP contribution in [0.4, 0.5) is 24.9 Å². The molecule has 2 aliphatic heterocycles. The van der Waals surface area contributed by atoms with Gasteiger partial charge >= 0.3 is 6.18 Å². The highest BCUT2D eigenvalue weighted by atomic mass is 19.4.